The zero-order valence-electron chi connectivity index (χ0n) is 6.33. The first-order valence-electron chi connectivity index (χ1n) is 3.02. The third kappa shape index (κ3) is 2.22. The zero-order chi connectivity index (χ0) is 8.91. The molecule has 0 aliphatic carbocycles. The van der Waals surface area contributed by atoms with E-state index in [0.29, 0.717) is 0 Å². The van der Waals surface area contributed by atoms with Crippen LogP contribution in [0.1, 0.15) is 6.42 Å². The molecule has 0 saturated heterocycles. The van der Waals surface area contributed by atoms with Crippen molar-refractivity contribution in [2.75, 3.05) is 13.7 Å². The van der Waals surface area contributed by atoms with Gasteiger partial charge in [0.1, 0.15) is 5.54 Å². The molecular formula is C7H11NO3. The van der Waals surface area contributed by atoms with Gasteiger partial charge in [-0.25, -0.2) is 4.79 Å². The van der Waals surface area contributed by atoms with Crippen LogP contribution < -0.4 is 5.73 Å². The Bertz CT molecular complexity index is 185. The van der Waals surface area contributed by atoms with Gasteiger partial charge in [0.2, 0.25) is 0 Å². The highest BCUT2D eigenvalue weighted by molar-refractivity contribution is 5.81. The summed E-state index contributed by atoms with van der Waals surface area (Å²) in [5, 5.41) is 8.70. The van der Waals surface area contributed by atoms with E-state index >= 15 is 0 Å². The fourth-order valence-electron chi connectivity index (χ4n) is 0.578. The summed E-state index contributed by atoms with van der Waals surface area (Å²) in [4.78, 5) is 10.9. The van der Waals surface area contributed by atoms with Gasteiger partial charge < -0.3 is 15.6 Å². The smallest absolute Gasteiger partial charge is 0.329 e. The first kappa shape index (κ1) is 9.95. The van der Waals surface area contributed by atoms with Crippen molar-refractivity contribution in [3.8, 4) is 12.3 Å². The molecule has 0 aromatic carbocycles. The van der Waals surface area contributed by atoms with Gasteiger partial charge in [-0.15, -0.1) is 12.3 Å². The number of aliphatic hydroxyl groups is 1. The van der Waals surface area contributed by atoms with E-state index in [4.69, 9.17) is 17.3 Å². The maximum atomic E-state index is 10.9. The van der Waals surface area contributed by atoms with E-state index in [0.717, 1.165) is 0 Å². The largest absolute Gasteiger partial charge is 0.468 e. The molecule has 4 heteroatoms. The van der Waals surface area contributed by atoms with Gasteiger partial charge in [0.25, 0.3) is 0 Å². The van der Waals surface area contributed by atoms with Gasteiger partial charge in [0, 0.05) is 6.42 Å². The van der Waals surface area contributed by atoms with Gasteiger partial charge in [0.15, 0.2) is 0 Å². The van der Waals surface area contributed by atoms with E-state index in [1.54, 1.807) is 0 Å². The number of aliphatic hydroxyl groups excluding tert-OH is 1. The molecule has 11 heavy (non-hydrogen) atoms. The summed E-state index contributed by atoms with van der Waals surface area (Å²) >= 11 is 0. The number of methoxy groups -OCH3 is 1. The molecule has 0 aromatic rings. The Morgan fingerprint density at radius 1 is 1.91 bits per heavy atom. The van der Waals surface area contributed by atoms with Crippen LogP contribution in [0.15, 0.2) is 0 Å². The number of nitrogens with two attached hydrogens (primary N) is 1. The third-order valence-corrected chi connectivity index (χ3v) is 1.29. The molecule has 62 valence electrons. The van der Waals surface area contributed by atoms with Crippen LogP contribution in [0, 0.1) is 12.3 Å². The lowest BCUT2D eigenvalue weighted by molar-refractivity contribution is -0.148. The van der Waals surface area contributed by atoms with Crippen molar-refractivity contribution in [2.24, 2.45) is 5.73 Å². The molecule has 0 aliphatic heterocycles. The molecule has 0 heterocycles. The molecular weight excluding hydrogens is 146 g/mol. The average molecular weight is 157 g/mol. The summed E-state index contributed by atoms with van der Waals surface area (Å²) in [5.41, 5.74) is 3.95. The Hall–Kier alpha value is -1.05. The number of ether oxygens (including phenoxy) is 1. The minimum atomic E-state index is -1.44. The molecule has 0 rings (SSSR count). The van der Waals surface area contributed by atoms with Crippen LogP contribution in [0.25, 0.3) is 0 Å². The van der Waals surface area contributed by atoms with Gasteiger partial charge in [-0.1, -0.05) is 0 Å². The zero-order valence-corrected chi connectivity index (χ0v) is 6.33. The van der Waals surface area contributed by atoms with Crippen LogP contribution in [0.5, 0.6) is 0 Å². The van der Waals surface area contributed by atoms with Crippen LogP contribution in [0.3, 0.4) is 0 Å². The fourth-order valence-corrected chi connectivity index (χ4v) is 0.578. The first-order valence-corrected chi connectivity index (χ1v) is 3.02. The molecule has 3 N–H and O–H groups in total. The van der Waals surface area contributed by atoms with Gasteiger partial charge in [-0.2, -0.15) is 0 Å². The highest BCUT2D eigenvalue weighted by Gasteiger charge is 2.33. The number of hydrogen-bond acceptors (Lipinski definition) is 4. The molecule has 1 atom stereocenters. The van der Waals surface area contributed by atoms with E-state index in [-0.39, 0.29) is 6.42 Å². The summed E-state index contributed by atoms with van der Waals surface area (Å²) in [6.45, 7) is -0.510. The summed E-state index contributed by atoms with van der Waals surface area (Å²) in [6.07, 6.45) is 4.90. The van der Waals surface area contributed by atoms with E-state index in [1.165, 1.54) is 7.11 Å². The van der Waals surface area contributed by atoms with E-state index < -0.39 is 18.1 Å². The predicted molar refractivity (Wildman–Crippen MR) is 39.5 cm³/mol. The minimum absolute atomic E-state index is 0.0316. The van der Waals surface area contributed by atoms with Crippen LogP contribution in [0.4, 0.5) is 0 Å². The Morgan fingerprint density at radius 3 is 2.73 bits per heavy atom. The van der Waals surface area contributed by atoms with Crippen LogP contribution >= 0.6 is 0 Å². The monoisotopic (exact) mass is 157 g/mol. The second-order valence-corrected chi connectivity index (χ2v) is 2.19. The van der Waals surface area contributed by atoms with Gasteiger partial charge in [-0.05, 0) is 0 Å². The lowest BCUT2D eigenvalue weighted by atomic mass is 9.99. The number of rotatable bonds is 3. The number of carbonyl (C=O) groups is 1. The maximum absolute atomic E-state index is 10.9. The second-order valence-electron chi connectivity index (χ2n) is 2.19. The molecule has 0 spiro atoms. The molecule has 1 unspecified atom stereocenters. The molecule has 0 aromatic heterocycles. The topological polar surface area (TPSA) is 72.5 Å². The Morgan fingerprint density at radius 2 is 2.45 bits per heavy atom. The minimum Gasteiger partial charge on any atom is -0.468 e. The first-order chi connectivity index (χ1) is 5.10. The fraction of sp³-hybridized carbons (Fsp3) is 0.571. The highest BCUT2D eigenvalue weighted by Crippen LogP contribution is 2.06. The lowest BCUT2D eigenvalue weighted by Crippen LogP contribution is -2.51. The summed E-state index contributed by atoms with van der Waals surface area (Å²) in [6, 6.07) is 0. The van der Waals surface area contributed by atoms with Crippen molar-refractivity contribution in [1.29, 1.82) is 0 Å². The average Bonchev–Trinajstić information content (AvgIpc) is 2.03. The van der Waals surface area contributed by atoms with Gasteiger partial charge in [0.05, 0.1) is 13.7 Å². The van der Waals surface area contributed by atoms with Crippen LogP contribution in [-0.2, 0) is 9.53 Å². The van der Waals surface area contributed by atoms with Crippen LogP contribution in [0.2, 0.25) is 0 Å². The summed E-state index contributed by atoms with van der Waals surface area (Å²) < 4.78 is 4.34. The second kappa shape index (κ2) is 3.96. The Balaban J connectivity index is 4.34. The standard InChI is InChI=1S/C7H11NO3/c1-3-4-7(8,5-9)6(10)11-2/h1,9H,4-5,8H2,2H3. The van der Waals surface area contributed by atoms with Crippen molar-refractivity contribution in [2.45, 2.75) is 12.0 Å². The normalized spacial score (nSPS) is 14.7. The summed E-state index contributed by atoms with van der Waals surface area (Å²) in [5.74, 6) is 1.49. The Labute approximate surface area is 65.3 Å². The Kier molecular flexibility index (Phi) is 3.58. The molecule has 0 aliphatic rings. The maximum Gasteiger partial charge on any atom is 0.329 e. The molecule has 0 amide bonds. The lowest BCUT2D eigenvalue weighted by Gasteiger charge is -2.20. The molecule has 0 radical (unpaired) electrons. The van der Waals surface area contributed by atoms with Crippen molar-refractivity contribution in [3.05, 3.63) is 0 Å². The van der Waals surface area contributed by atoms with Crippen molar-refractivity contribution in [3.63, 3.8) is 0 Å². The number of esters is 1. The molecule has 0 bridgehead atoms. The van der Waals surface area contributed by atoms with Crippen LogP contribution in [-0.4, -0.2) is 30.3 Å². The van der Waals surface area contributed by atoms with Gasteiger partial charge in [-0.3, -0.25) is 0 Å². The van der Waals surface area contributed by atoms with Crippen molar-refractivity contribution < 1.29 is 14.6 Å². The molecule has 0 fully saturated rings. The van der Waals surface area contributed by atoms with Gasteiger partial charge >= 0.3 is 5.97 Å². The van der Waals surface area contributed by atoms with Crippen molar-refractivity contribution >= 4 is 5.97 Å². The predicted octanol–water partition coefficient (Wildman–Crippen LogP) is -1.13. The van der Waals surface area contributed by atoms with E-state index in [9.17, 15) is 4.79 Å². The highest BCUT2D eigenvalue weighted by atomic mass is 16.5. The number of hydrogen-bond donors (Lipinski definition) is 2. The van der Waals surface area contributed by atoms with Crippen molar-refractivity contribution in [1.82, 2.24) is 0 Å². The number of carbonyl (C=O) groups excluding carboxylic acids is 1. The number of terminal acetylenes is 1. The molecule has 0 saturated carbocycles. The van der Waals surface area contributed by atoms with E-state index in [1.807, 2.05) is 0 Å². The summed E-state index contributed by atoms with van der Waals surface area (Å²) in [7, 11) is 1.19. The molecule has 4 nitrogen and oxygen atoms in total. The quantitative estimate of drug-likeness (QED) is 0.402. The SMILES string of the molecule is C#CCC(N)(CO)C(=O)OC. The third-order valence-electron chi connectivity index (χ3n) is 1.29. The van der Waals surface area contributed by atoms with E-state index in [2.05, 4.69) is 10.7 Å².